The van der Waals surface area contributed by atoms with E-state index in [-0.39, 0.29) is 110 Å². The summed E-state index contributed by atoms with van der Waals surface area (Å²) in [7, 11) is 2.63. The molecule has 14 nitrogen and oxygen atoms in total. The summed E-state index contributed by atoms with van der Waals surface area (Å²) in [6, 6.07) is 5.66. The van der Waals surface area contributed by atoms with E-state index in [1.807, 2.05) is 0 Å². The lowest BCUT2D eigenvalue weighted by Crippen LogP contribution is -2.35. The van der Waals surface area contributed by atoms with E-state index in [9.17, 15) is 27.7 Å². The van der Waals surface area contributed by atoms with Crippen LogP contribution < -0.4 is 24.3 Å². The van der Waals surface area contributed by atoms with Crippen molar-refractivity contribution in [2.75, 3.05) is 73.5 Å². The van der Waals surface area contributed by atoms with Crippen molar-refractivity contribution in [1.82, 2.24) is 14.9 Å². The summed E-state index contributed by atoms with van der Waals surface area (Å²) < 4.78 is 72.3. The number of fused-ring (bicyclic) bond motifs is 2. The maximum Gasteiger partial charge on any atom is 0.305 e. The van der Waals surface area contributed by atoms with Crippen LogP contribution in [0.1, 0.15) is 60.2 Å². The summed E-state index contributed by atoms with van der Waals surface area (Å²) in [5, 5.41) is 2.58. The number of amides is 2. The lowest BCUT2D eigenvalue weighted by atomic mass is 10.1. The summed E-state index contributed by atoms with van der Waals surface area (Å²) in [5.74, 6) is -0.201. The standard InChI is InChI=1S/C37H50F2N5O9P/c1-7-24(38)21-42-36(46)27-17-31(49-4)33(19-29(27)40-8-2)52-12-14-54(48,43(3)11-9-10-35(45)51-6)15-13-53-34-20-30-28(18-32(34)50-5)37(47)44-23-25(39)16-26(44)22-41-30/h8,17-20,22,24-26H,7,9-16,21,23H2,1-6H3,(H,42,46)/b40-8-/t24-,25-,26+,54?/m1/s1. The molecular weight excluding hydrogens is 727 g/mol. The number of aliphatic imine (C=N–C) groups is 2. The number of methoxy groups -OCH3 is 3. The molecule has 2 aliphatic rings. The Hall–Kier alpha value is -4.56. The largest absolute Gasteiger partial charge is 0.493 e. The molecule has 2 aliphatic heterocycles. The quantitative estimate of drug-likeness (QED) is 0.0991. The number of esters is 1. The second-order valence-electron chi connectivity index (χ2n) is 12.8. The van der Waals surface area contributed by atoms with Crippen molar-refractivity contribution in [3.63, 3.8) is 0 Å². The molecule has 0 saturated carbocycles. The first kappa shape index (κ1) is 42.2. The van der Waals surface area contributed by atoms with Gasteiger partial charge in [-0.3, -0.25) is 29.0 Å². The van der Waals surface area contributed by atoms with Crippen LogP contribution >= 0.6 is 7.29 Å². The topological polar surface area (TPSA) is 158 Å². The number of ether oxygens (including phenoxy) is 5. The Labute approximate surface area is 314 Å². The van der Waals surface area contributed by atoms with Crippen LogP contribution in [0.25, 0.3) is 0 Å². The number of benzene rings is 2. The number of alkyl halides is 2. The lowest BCUT2D eigenvalue weighted by Gasteiger charge is -2.29. The van der Waals surface area contributed by atoms with Gasteiger partial charge in [0.1, 0.15) is 12.3 Å². The minimum absolute atomic E-state index is 0.00809. The second-order valence-corrected chi connectivity index (χ2v) is 16.1. The van der Waals surface area contributed by atoms with Crippen LogP contribution in [0.5, 0.6) is 23.0 Å². The van der Waals surface area contributed by atoms with E-state index < -0.39 is 31.6 Å². The predicted molar refractivity (Wildman–Crippen MR) is 202 cm³/mol. The molecule has 0 spiro atoms. The zero-order valence-corrected chi connectivity index (χ0v) is 32.5. The van der Waals surface area contributed by atoms with E-state index in [2.05, 4.69) is 15.3 Å². The number of carbonyl (C=O) groups is 3. The number of hydrogen-bond acceptors (Lipinski definition) is 11. The molecule has 1 saturated heterocycles. The molecule has 4 rings (SSSR count). The van der Waals surface area contributed by atoms with Gasteiger partial charge in [-0.2, -0.15) is 0 Å². The van der Waals surface area contributed by atoms with Crippen LogP contribution in [0.15, 0.2) is 34.3 Å². The third-order valence-corrected chi connectivity index (χ3v) is 12.5. The molecule has 2 amide bonds. The van der Waals surface area contributed by atoms with Gasteiger partial charge < -0.3 is 38.5 Å². The molecule has 1 N–H and O–H groups in total. The highest BCUT2D eigenvalue weighted by molar-refractivity contribution is 7.61. The fraction of sp³-hybridized carbons (Fsp3) is 0.541. The summed E-state index contributed by atoms with van der Waals surface area (Å²) in [6.45, 7) is 3.51. The Balaban J connectivity index is 1.51. The average Bonchev–Trinajstić information content (AvgIpc) is 3.50. The molecule has 2 aromatic carbocycles. The fourth-order valence-electron chi connectivity index (χ4n) is 6.09. The molecule has 0 aromatic heterocycles. The minimum atomic E-state index is -3.24. The highest BCUT2D eigenvalue weighted by Crippen LogP contribution is 2.49. The number of nitrogens with one attached hydrogen (secondary N) is 1. The van der Waals surface area contributed by atoms with E-state index in [4.69, 9.17) is 23.7 Å². The molecule has 2 aromatic rings. The number of carbonyl (C=O) groups excluding carboxylic acids is 3. The number of hydrogen-bond donors (Lipinski definition) is 1. The van der Waals surface area contributed by atoms with Gasteiger partial charge in [0.05, 0.1) is 69.6 Å². The number of halogens is 2. The molecular formula is C37H50F2N5O9P. The van der Waals surface area contributed by atoms with E-state index in [1.165, 1.54) is 50.6 Å². The second kappa shape index (κ2) is 19.7. The first-order valence-electron chi connectivity index (χ1n) is 17.8. The molecule has 0 radical (unpaired) electrons. The molecule has 17 heteroatoms. The third kappa shape index (κ3) is 10.6. The van der Waals surface area contributed by atoms with Gasteiger partial charge in [0.25, 0.3) is 11.8 Å². The fourth-order valence-corrected chi connectivity index (χ4v) is 8.25. The number of nitrogens with zero attached hydrogens (tertiary/aromatic N) is 4. The predicted octanol–water partition coefficient (Wildman–Crippen LogP) is 5.79. The molecule has 296 valence electrons. The van der Waals surface area contributed by atoms with Crippen molar-refractivity contribution in [3.05, 3.63) is 35.4 Å². The van der Waals surface area contributed by atoms with Crippen molar-refractivity contribution >= 4 is 48.9 Å². The highest BCUT2D eigenvalue weighted by Gasteiger charge is 2.38. The molecule has 2 heterocycles. The molecule has 0 aliphatic carbocycles. The van der Waals surface area contributed by atoms with Crippen molar-refractivity contribution in [3.8, 4) is 23.0 Å². The molecule has 0 bridgehead atoms. The van der Waals surface area contributed by atoms with Gasteiger partial charge in [-0.25, -0.2) is 8.78 Å². The van der Waals surface area contributed by atoms with E-state index in [0.29, 0.717) is 18.7 Å². The Kier molecular flexibility index (Phi) is 15.4. The van der Waals surface area contributed by atoms with Crippen molar-refractivity contribution < 1.29 is 51.4 Å². The lowest BCUT2D eigenvalue weighted by molar-refractivity contribution is -0.140. The van der Waals surface area contributed by atoms with E-state index in [0.717, 1.165) is 0 Å². The van der Waals surface area contributed by atoms with Crippen molar-refractivity contribution in [2.24, 2.45) is 9.98 Å². The Bertz CT molecular complexity index is 1760. The van der Waals surface area contributed by atoms with E-state index in [1.54, 1.807) is 37.8 Å². The first-order valence-corrected chi connectivity index (χ1v) is 19.9. The van der Waals surface area contributed by atoms with Crippen molar-refractivity contribution in [2.45, 2.75) is 57.9 Å². The van der Waals surface area contributed by atoms with Crippen LogP contribution in [0.3, 0.4) is 0 Å². The molecule has 54 heavy (non-hydrogen) atoms. The maximum absolute atomic E-state index is 14.6. The molecule has 4 atom stereocenters. The van der Waals surface area contributed by atoms with E-state index >= 15 is 0 Å². The zero-order chi connectivity index (χ0) is 39.4. The maximum atomic E-state index is 14.6. The van der Waals surface area contributed by atoms with Crippen LogP contribution in [0.2, 0.25) is 0 Å². The SMILES string of the molecule is C/C=N\c1cc(OCCP(=O)(CCOc2cc3c(cc2OC)C(=O)N2C[C@H](F)C[C@H]2C=N3)N(C)CCCC(=O)OC)c(OC)cc1C(=O)NC[C@H](F)CC. The monoisotopic (exact) mass is 777 g/mol. The van der Waals surface area contributed by atoms with Gasteiger partial charge in [-0.1, -0.05) is 6.92 Å². The van der Waals surface area contributed by atoms with Gasteiger partial charge in [-0.15, -0.1) is 0 Å². The minimum Gasteiger partial charge on any atom is -0.493 e. The molecule has 1 fully saturated rings. The first-order chi connectivity index (χ1) is 25.9. The highest BCUT2D eigenvalue weighted by atomic mass is 31.2. The van der Waals surface area contributed by atoms with Crippen LogP contribution in [-0.2, 0) is 14.1 Å². The average molecular weight is 778 g/mol. The van der Waals surface area contributed by atoms with Gasteiger partial charge >= 0.3 is 5.97 Å². The normalized spacial score (nSPS) is 18.1. The third-order valence-electron chi connectivity index (χ3n) is 9.28. The Morgan fingerprint density at radius 2 is 1.76 bits per heavy atom. The van der Waals surface area contributed by atoms with Crippen LogP contribution in [0, 0.1) is 0 Å². The number of rotatable bonds is 20. The zero-order valence-electron chi connectivity index (χ0n) is 31.6. The van der Waals surface area contributed by atoms with Crippen LogP contribution in [0.4, 0.5) is 20.2 Å². The van der Waals surface area contributed by atoms with Crippen LogP contribution in [-0.4, -0.2) is 132 Å². The van der Waals surface area contributed by atoms with Gasteiger partial charge in [-0.05, 0) is 38.9 Å². The van der Waals surface area contributed by atoms with Gasteiger partial charge in [0.15, 0.2) is 30.3 Å². The summed E-state index contributed by atoms with van der Waals surface area (Å²) >= 11 is 0. The van der Waals surface area contributed by atoms with Gasteiger partial charge in [0.2, 0.25) is 0 Å². The summed E-state index contributed by atoms with van der Waals surface area (Å²) in [5.41, 5.74) is 1.07. The Morgan fingerprint density at radius 3 is 2.39 bits per heavy atom. The summed E-state index contributed by atoms with van der Waals surface area (Å²) in [4.78, 5) is 48.2. The summed E-state index contributed by atoms with van der Waals surface area (Å²) in [6.07, 6.45) is 1.91. The van der Waals surface area contributed by atoms with Crippen molar-refractivity contribution in [1.29, 1.82) is 0 Å². The smallest absolute Gasteiger partial charge is 0.305 e. The molecule has 1 unspecified atom stereocenters. The Morgan fingerprint density at radius 1 is 1.09 bits per heavy atom. The van der Waals surface area contributed by atoms with Gasteiger partial charge in [0, 0.05) is 62.8 Å².